The molecule has 1 rings (SSSR count). The van der Waals surface area contributed by atoms with Crippen LogP contribution in [-0.2, 0) is 12.0 Å². The minimum atomic E-state index is -0.102. The van der Waals surface area contributed by atoms with Gasteiger partial charge in [-0.2, -0.15) is 0 Å². The van der Waals surface area contributed by atoms with Crippen molar-refractivity contribution in [2.45, 2.75) is 66.3 Å². The molecule has 0 aliphatic carbocycles. The molecule has 0 aliphatic heterocycles. The monoisotopic (exact) mass is 238 g/mol. The van der Waals surface area contributed by atoms with Gasteiger partial charge in [0.2, 0.25) is 0 Å². The summed E-state index contributed by atoms with van der Waals surface area (Å²) in [5.74, 6) is 0.824. The summed E-state index contributed by atoms with van der Waals surface area (Å²) in [5.41, 5.74) is 2.07. The van der Waals surface area contributed by atoms with Crippen LogP contribution in [0.3, 0.4) is 0 Å². The molecule has 0 atom stereocenters. The Kier molecular flexibility index (Phi) is 3.90. The molecule has 0 fully saturated rings. The van der Waals surface area contributed by atoms with Crippen LogP contribution in [0.2, 0.25) is 0 Å². The van der Waals surface area contributed by atoms with Crippen molar-refractivity contribution in [2.24, 2.45) is 5.92 Å². The van der Waals surface area contributed by atoms with Gasteiger partial charge in [0.25, 0.3) is 5.56 Å². The summed E-state index contributed by atoms with van der Waals surface area (Å²) >= 11 is 0. The van der Waals surface area contributed by atoms with E-state index in [0.717, 1.165) is 17.8 Å². The molecule has 1 aromatic rings. The lowest BCUT2D eigenvalue weighted by Gasteiger charge is -2.18. The van der Waals surface area contributed by atoms with Crippen LogP contribution < -0.4 is 5.56 Å². The van der Waals surface area contributed by atoms with Crippen LogP contribution in [0, 0.1) is 5.92 Å². The number of H-pyrrole nitrogens is 1. The minimum Gasteiger partial charge on any atom is -0.299 e. The summed E-state index contributed by atoms with van der Waals surface area (Å²) in [6.45, 7) is 15.6. The fraction of sp³-hybridized carbons (Fsp3) is 0.786. The van der Waals surface area contributed by atoms with Crippen molar-refractivity contribution in [1.82, 2.24) is 9.78 Å². The zero-order chi connectivity index (χ0) is 13.4. The highest BCUT2D eigenvalue weighted by Crippen LogP contribution is 2.26. The fourth-order valence-electron chi connectivity index (χ4n) is 2.14. The van der Waals surface area contributed by atoms with Gasteiger partial charge in [0.1, 0.15) is 0 Å². The lowest BCUT2D eigenvalue weighted by Crippen LogP contribution is -2.27. The summed E-state index contributed by atoms with van der Waals surface area (Å²) in [4.78, 5) is 12.4. The second-order valence-electron chi connectivity index (χ2n) is 6.61. The normalized spacial score (nSPS) is 12.8. The van der Waals surface area contributed by atoms with E-state index >= 15 is 0 Å². The van der Waals surface area contributed by atoms with Crippen molar-refractivity contribution < 1.29 is 0 Å². The van der Waals surface area contributed by atoms with Crippen LogP contribution in [0.4, 0.5) is 0 Å². The Morgan fingerprint density at radius 1 is 1.18 bits per heavy atom. The van der Waals surface area contributed by atoms with Gasteiger partial charge in [0, 0.05) is 17.8 Å². The SMILES string of the molecule is CC(C)Cn1[nH]c(C(C)C)c(C(C)(C)C)c1=O. The molecule has 0 unspecified atom stereocenters. The first-order chi connectivity index (χ1) is 7.64. The van der Waals surface area contributed by atoms with E-state index in [1.165, 1.54) is 0 Å². The first-order valence-electron chi connectivity index (χ1n) is 6.47. The van der Waals surface area contributed by atoms with E-state index in [4.69, 9.17) is 0 Å². The molecule has 0 amide bonds. The highest BCUT2D eigenvalue weighted by Gasteiger charge is 2.26. The molecule has 0 aliphatic rings. The molecule has 0 spiro atoms. The molecular formula is C14H26N2O. The van der Waals surface area contributed by atoms with Gasteiger partial charge < -0.3 is 0 Å². The quantitative estimate of drug-likeness (QED) is 0.862. The van der Waals surface area contributed by atoms with Crippen molar-refractivity contribution in [3.63, 3.8) is 0 Å². The first kappa shape index (κ1) is 14.1. The molecule has 1 heterocycles. The number of nitrogens with one attached hydrogen (secondary N) is 1. The van der Waals surface area contributed by atoms with Crippen molar-refractivity contribution in [3.8, 4) is 0 Å². The molecule has 1 aromatic heterocycles. The molecule has 3 nitrogen and oxygen atoms in total. The van der Waals surface area contributed by atoms with Crippen LogP contribution in [0.15, 0.2) is 4.79 Å². The number of nitrogens with zero attached hydrogens (tertiary/aromatic N) is 1. The van der Waals surface area contributed by atoms with E-state index in [-0.39, 0.29) is 11.0 Å². The summed E-state index contributed by atoms with van der Waals surface area (Å²) in [6.07, 6.45) is 0. The molecule has 17 heavy (non-hydrogen) atoms. The number of aromatic nitrogens is 2. The fourth-order valence-corrected chi connectivity index (χ4v) is 2.14. The zero-order valence-electron chi connectivity index (χ0n) is 12.2. The second kappa shape index (κ2) is 4.71. The van der Waals surface area contributed by atoms with Gasteiger partial charge >= 0.3 is 0 Å². The van der Waals surface area contributed by atoms with E-state index in [9.17, 15) is 4.79 Å². The molecule has 0 saturated heterocycles. The topological polar surface area (TPSA) is 37.8 Å². The van der Waals surface area contributed by atoms with E-state index in [0.29, 0.717) is 11.8 Å². The second-order valence-corrected chi connectivity index (χ2v) is 6.61. The highest BCUT2D eigenvalue weighted by molar-refractivity contribution is 5.27. The van der Waals surface area contributed by atoms with E-state index in [1.54, 1.807) is 4.68 Å². The number of hydrogen-bond acceptors (Lipinski definition) is 1. The van der Waals surface area contributed by atoms with Crippen LogP contribution >= 0.6 is 0 Å². The Hall–Kier alpha value is -0.990. The Morgan fingerprint density at radius 2 is 1.71 bits per heavy atom. The molecule has 0 bridgehead atoms. The number of aromatic amines is 1. The van der Waals surface area contributed by atoms with E-state index in [2.05, 4.69) is 53.6 Å². The molecule has 0 radical (unpaired) electrons. The van der Waals surface area contributed by atoms with Gasteiger partial charge in [-0.1, -0.05) is 48.5 Å². The van der Waals surface area contributed by atoms with Crippen molar-refractivity contribution in [2.75, 3.05) is 0 Å². The van der Waals surface area contributed by atoms with Crippen molar-refractivity contribution in [1.29, 1.82) is 0 Å². The summed E-state index contributed by atoms with van der Waals surface area (Å²) < 4.78 is 1.76. The van der Waals surface area contributed by atoms with Crippen LogP contribution in [-0.4, -0.2) is 9.78 Å². The van der Waals surface area contributed by atoms with Crippen LogP contribution in [0.5, 0.6) is 0 Å². The number of hydrogen-bond donors (Lipinski definition) is 1. The third-order valence-corrected chi connectivity index (χ3v) is 2.86. The zero-order valence-corrected chi connectivity index (χ0v) is 12.2. The van der Waals surface area contributed by atoms with Crippen LogP contribution in [0.1, 0.15) is 65.6 Å². The van der Waals surface area contributed by atoms with Crippen molar-refractivity contribution in [3.05, 3.63) is 21.6 Å². The molecule has 0 aromatic carbocycles. The van der Waals surface area contributed by atoms with Crippen molar-refractivity contribution >= 4 is 0 Å². The molecular weight excluding hydrogens is 212 g/mol. The Bertz CT molecular complexity index is 430. The minimum absolute atomic E-state index is 0.102. The third kappa shape index (κ3) is 3.02. The maximum Gasteiger partial charge on any atom is 0.270 e. The predicted molar refractivity (Wildman–Crippen MR) is 72.7 cm³/mol. The average Bonchev–Trinajstić information content (AvgIpc) is 2.42. The van der Waals surface area contributed by atoms with Gasteiger partial charge in [-0.25, -0.2) is 0 Å². The van der Waals surface area contributed by atoms with Gasteiger partial charge in [0.15, 0.2) is 0 Å². The third-order valence-electron chi connectivity index (χ3n) is 2.86. The Labute approximate surface area is 104 Å². The smallest absolute Gasteiger partial charge is 0.270 e. The van der Waals surface area contributed by atoms with Gasteiger partial charge in [-0.3, -0.25) is 14.6 Å². The summed E-state index contributed by atoms with van der Waals surface area (Å²) in [6, 6.07) is 0. The largest absolute Gasteiger partial charge is 0.299 e. The standard InChI is InChI=1S/C14H26N2O/c1-9(2)8-16-13(17)11(14(5,6)7)12(15-16)10(3)4/h9-10,15H,8H2,1-7H3. The average molecular weight is 238 g/mol. The lowest BCUT2D eigenvalue weighted by molar-refractivity contribution is 0.466. The first-order valence-corrected chi connectivity index (χ1v) is 6.47. The van der Waals surface area contributed by atoms with E-state index in [1.807, 2.05) is 0 Å². The molecule has 1 N–H and O–H groups in total. The Balaban J connectivity index is 3.37. The maximum absolute atomic E-state index is 12.4. The van der Waals surface area contributed by atoms with Gasteiger partial charge in [0.05, 0.1) is 0 Å². The van der Waals surface area contributed by atoms with Crippen LogP contribution in [0.25, 0.3) is 0 Å². The predicted octanol–water partition coefficient (Wildman–Crippen LogP) is 3.25. The number of rotatable bonds is 3. The summed E-state index contributed by atoms with van der Waals surface area (Å²) in [5, 5.41) is 3.29. The lowest BCUT2D eigenvalue weighted by atomic mass is 9.85. The van der Waals surface area contributed by atoms with Gasteiger partial charge in [-0.05, 0) is 17.3 Å². The van der Waals surface area contributed by atoms with E-state index < -0.39 is 0 Å². The summed E-state index contributed by atoms with van der Waals surface area (Å²) in [7, 11) is 0. The Morgan fingerprint density at radius 3 is 2.00 bits per heavy atom. The highest BCUT2D eigenvalue weighted by atomic mass is 16.1. The van der Waals surface area contributed by atoms with Gasteiger partial charge in [-0.15, -0.1) is 0 Å². The molecule has 98 valence electrons. The molecule has 3 heteroatoms. The molecule has 0 saturated carbocycles. The maximum atomic E-state index is 12.4.